The zero-order valence-corrected chi connectivity index (χ0v) is 11.5. The molecule has 2 amide bonds. The van der Waals surface area contributed by atoms with Crippen molar-refractivity contribution in [2.75, 3.05) is 11.4 Å². The van der Waals surface area contributed by atoms with Crippen molar-refractivity contribution < 1.29 is 9.59 Å². The first kappa shape index (κ1) is 13.5. The summed E-state index contributed by atoms with van der Waals surface area (Å²) in [5.41, 5.74) is 2.69. The predicted octanol–water partition coefficient (Wildman–Crippen LogP) is 2.01. The van der Waals surface area contributed by atoms with E-state index in [9.17, 15) is 9.59 Å². The van der Waals surface area contributed by atoms with Gasteiger partial charge in [0.15, 0.2) is 0 Å². The molecule has 19 heavy (non-hydrogen) atoms. The van der Waals surface area contributed by atoms with Gasteiger partial charge in [-0.1, -0.05) is 25.1 Å². The van der Waals surface area contributed by atoms with Crippen LogP contribution in [0.2, 0.25) is 0 Å². The van der Waals surface area contributed by atoms with Crippen molar-refractivity contribution in [2.24, 2.45) is 0 Å². The Morgan fingerprint density at radius 2 is 1.63 bits per heavy atom. The number of hydrogen-bond acceptors (Lipinski definition) is 3. The predicted molar refractivity (Wildman–Crippen MR) is 74.7 cm³/mol. The molecular weight excluding hydrogens is 240 g/mol. The minimum Gasteiger partial charge on any atom is -0.313 e. The smallest absolute Gasteiger partial charge is 0.261 e. The fourth-order valence-corrected chi connectivity index (χ4v) is 2.11. The summed E-state index contributed by atoms with van der Waals surface area (Å²) in [5.74, 6) is -0.433. The van der Waals surface area contributed by atoms with Gasteiger partial charge in [0.1, 0.15) is 0 Å². The van der Waals surface area contributed by atoms with Crippen LogP contribution >= 0.6 is 0 Å². The second-order valence-electron chi connectivity index (χ2n) is 4.60. The summed E-state index contributed by atoms with van der Waals surface area (Å²) in [5, 5.41) is 3.22. The standard InChI is InChI=1S/C15H18N2O2/c1-4-16-9-12-7-5-6-8-13(12)17-14(18)10(2)11(3)15(17)19/h5-8,16H,4,9H2,1-3H3. The summed E-state index contributed by atoms with van der Waals surface area (Å²) in [6.45, 7) is 6.89. The molecule has 100 valence electrons. The minimum absolute atomic E-state index is 0.216. The molecule has 0 aromatic heterocycles. The maximum absolute atomic E-state index is 12.2. The van der Waals surface area contributed by atoms with E-state index >= 15 is 0 Å². The lowest BCUT2D eigenvalue weighted by Gasteiger charge is -2.19. The third-order valence-electron chi connectivity index (χ3n) is 3.41. The van der Waals surface area contributed by atoms with Crippen LogP contribution in [0.25, 0.3) is 0 Å². The molecule has 1 N–H and O–H groups in total. The highest BCUT2D eigenvalue weighted by Gasteiger charge is 2.35. The first-order chi connectivity index (χ1) is 9.07. The van der Waals surface area contributed by atoms with Crippen LogP contribution in [0.4, 0.5) is 5.69 Å². The molecule has 0 saturated heterocycles. The number of carbonyl (C=O) groups excluding carboxylic acids is 2. The Kier molecular flexibility index (Phi) is 3.81. The maximum Gasteiger partial charge on any atom is 0.261 e. The number of rotatable bonds is 4. The zero-order chi connectivity index (χ0) is 14.0. The van der Waals surface area contributed by atoms with Crippen LogP contribution < -0.4 is 10.2 Å². The van der Waals surface area contributed by atoms with E-state index in [0.29, 0.717) is 23.4 Å². The summed E-state index contributed by atoms with van der Waals surface area (Å²) in [6.07, 6.45) is 0. The Bertz CT molecular complexity index is 537. The molecule has 0 unspecified atom stereocenters. The van der Waals surface area contributed by atoms with Gasteiger partial charge in [-0.15, -0.1) is 0 Å². The highest BCUT2D eigenvalue weighted by molar-refractivity contribution is 6.32. The van der Waals surface area contributed by atoms with E-state index in [1.54, 1.807) is 13.8 Å². The molecule has 0 spiro atoms. The van der Waals surface area contributed by atoms with Crippen LogP contribution in [0.3, 0.4) is 0 Å². The number of nitrogens with zero attached hydrogens (tertiary/aromatic N) is 1. The van der Waals surface area contributed by atoms with Crippen molar-refractivity contribution in [2.45, 2.75) is 27.3 Å². The van der Waals surface area contributed by atoms with Gasteiger partial charge in [0.2, 0.25) is 0 Å². The van der Waals surface area contributed by atoms with Crippen LogP contribution in [0.15, 0.2) is 35.4 Å². The van der Waals surface area contributed by atoms with Crippen molar-refractivity contribution >= 4 is 17.5 Å². The molecule has 0 atom stereocenters. The van der Waals surface area contributed by atoms with Gasteiger partial charge in [-0.25, -0.2) is 4.90 Å². The molecule has 0 saturated carbocycles. The average Bonchev–Trinajstić information content (AvgIpc) is 2.61. The maximum atomic E-state index is 12.2. The second-order valence-corrected chi connectivity index (χ2v) is 4.60. The van der Waals surface area contributed by atoms with E-state index in [-0.39, 0.29) is 11.8 Å². The molecule has 0 radical (unpaired) electrons. The lowest BCUT2D eigenvalue weighted by atomic mass is 10.1. The number of imide groups is 1. The van der Waals surface area contributed by atoms with E-state index in [4.69, 9.17) is 0 Å². The Hall–Kier alpha value is -1.94. The third-order valence-corrected chi connectivity index (χ3v) is 3.41. The van der Waals surface area contributed by atoms with Gasteiger partial charge < -0.3 is 5.32 Å². The number of anilines is 1. The van der Waals surface area contributed by atoms with E-state index in [2.05, 4.69) is 5.32 Å². The lowest BCUT2D eigenvalue weighted by Crippen LogP contribution is -2.32. The molecular formula is C15H18N2O2. The number of nitrogens with one attached hydrogen (secondary N) is 1. The molecule has 0 fully saturated rings. The summed E-state index contributed by atoms with van der Waals surface area (Å²) in [7, 11) is 0. The topological polar surface area (TPSA) is 49.4 Å². The Morgan fingerprint density at radius 1 is 1.05 bits per heavy atom. The Labute approximate surface area is 113 Å². The molecule has 1 heterocycles. The monoisotopic (exact) mass is 258 g/mol. The highest BCUT2D eigenvalue weighted by atomic mass is 16.2. The van der Waals surface area contributed by atoms with E-state index in [0.717, 1.165) is 12.1 Å². The van der Waals surface area contributed by atoms with Gasteiger partial charge in [-0.05, 0) is 32.0 Å². The molecule has 1 aliphatic heterocycles. The van der Waals surface area contributed by atoms with Crippen LogP contribution in [-0.4, -0.2) is 18.4 Å². The first-order valence-electron chi connectivity index (χ1n) is 6.42. The Balaban J connectivity index is 2.38. The summed E-state index contributed by atoms with van der Waals surface area (Å²) < 4.78 is 0. The number of para-hydroxylation sites is 1. The van der Waals surface area contributed by atoms with Gasteiger partial charge in [0, 0.05) is 17.7 Å². The molecule has 0 aliphatic carbocycles. The molecule has 4 nitrogen and oxygen atoms in total. The summed E-state index contributed by atoms with van der Waals surface area (Å²) >= 11 is 0. The van der Waals surface area contributed by atoms with Crippen LogP contribution in [-0.2, 0) is 16.1 Å². The van der Waals surface area contributed by atoms with E-state index in [1.165, 1.54) is 4.90 Å². The molecule has 1 aromatic carbocycles. The van der Waals surface area contributed by atoms with Crippen molar-refractivity contribution in [1.29, 1.82) is 0 Å². The van der Waals surface area contributed by atoms with Crippen molar-refractivity contribution in [3.63, 3.8) is 0 Å². The molecule has 4 heteroatoms. The minimum atomic E-state index is -0.216. The highest BCUT2D eigenvalue weighted by Crippen LogP contribution is 2.29. The second kappa shape index (κ2) is 5.36. The van der Waals surface area contributed by atoms with Gasteiger partial charge in [0.05, 0.1) is 5.69 Å². The number of benzene rings is 1. The fraction of sp³-hybridized carbons (Fsp3) is 0.333. The third kappa shape index (κ3) is 2.31. The van der Waals surface area contributed by atoms with Crippen molar-refractivity contribution in [3.05, 3.63) is 41.0 Å². The van der Waals surface area contributed by atoms with E-state index < -0.39 is 0 Å². The van der Waals surface area contributed by atoms with Gasteiger partial charge in [0.25, 0.3) is 11.8 Å². The van der Waals surface area contributed by atoms with Crippen LogP contribution in [0, 0.1) is 0 Å². The summed E-state index contributed by atoms with van der Waals surface area (Å²) in [6, 6.07) is 7.50. The molecule has 1 aliphatic rings. The molecule has 0 bridgehead atoms. The number of hydrogen-bond donors (Lipinski definition) is 1. The SMILES string of the molecule is CCNCc1ccccc1N1C(=O)C(C)=C(C)C1=O. The fourth-order valence-electron chi connectivity index (χ4n) is 2.11. The summed E-state index contributed by atoms with van der Waals surface area (Å²) in [4.78, 5) is 25.6. The average molecular weight is 258 g/mol. The van der Waals surface area contributed by atoms with Crippen molar-refractivity contribution in [3.8, 4) is 0 Å². The molecule has 2 rings (SSSR count). The van der Waals surface area contributed by atoms with Gasteiger partial charge >= 0.3 is 0 Å². The molecule has 1 aromatic rings. The van der Waals surface area contributed by atoms with E-state index in [1.807, 2.05) is 31.2 Å². The zero-order valence-electron chi connectivity index (χ0n) is 11.5. The first-order valence-corrected chi connectivity index (χ1v) is 6.42. The lowest BCUT2D eigenvalue weighted by molar-refractivity contribution is -0.120. The van der Waals surface area contributed by atoms with Crippen LogP contribution in [0.5, 0.6) is 0 Å². The van der Waals surface area contributed by atoms with Gasteiger partial charge in [-0.3, -0.25) is 9.59 Å². The Morgan fingerprint density at radius 3 is 2.21 bits per heavy atom. The van der Waals surface area contributed by atoms with Gasteiger partial charge in [-0.2, -0.15) is 0 Å². The van der Waals surface area contributed by atoms with Crippen molar-refractivity contribution in [1.82, 2.24) is 5.32 Å². The quantitative estimate of drug-likeness (QED) is 0.840. The number of amides is 2. The largest absolute Gasteiger partial charge is 0.313 e. The normalized spacial score (nSPS) is 15.6. The van der Waals surface area contributed by atoms with Crippen LogP contribution in [0.1, 0.15) is 26.3 Å². The number of carbonyl (C=O) groups is 2.